The maximum atomic E-state index is 12.4. The fourth-order valence-electron chi connectivity index (χ4n) is 3.39. The number of ether oxygens (including phenoxy) is 1. The SMILES string of the molecule is CCn1c(=O)c(C)nc2cc(C(=O)OCC(=O)N3CCN(C(C)=O)CC3)ccc21. The first-order valence-corrected chi connectivity index (χ1v) is 9.53. The highest BCUT2D eigenvalue weighted by molar-refractivity contribution is 5.94. The summed E-state index contributed by atoms with van der Waals surface area (Å²) in [5.74, 6) is -0.940. The largest absolute Gasteiger partial charge is 0.452 e. The number of hydrogen-bond donors (Lipinski definition) is 0. The molecule has 3 rings (SSSR count). The number of carbonyl (C=O) groups excluding carboxylic acids is 3. The summed E-state index contributed by atoms with van der Waals surface area (Å²) in [4.78, 5) is 55.7. The number of nitrogens with zero attached hydrogens (tertiary/aromatic N) is 4. The molecule has 0 aliphatic carbocycles. The van der Waals surface area contributed by atoms with Crippen LogP contribution in [0.1, 0.15) is 29.9 Å². The van der Waals surface area contributed by atoms with Crippen LogP contribution in [0.4, 0.5) is 0 Å². The molecule has 0 unspecified atom stereocenters. The highest BCUT2D eigenvalue weighted by Crippen LogP contribution is 2.14. The first-order chi connectivity index (χ1) is 13.8. The summed E-state index contributed by atoms with van der Waals surface area (Å²) in [6, 6.07) is 4.78. The Morgan fingerprint density at radius 1 is 1.10 bits per heavy atom. The minimum Gasteiger partial charge on any atom is -0.452 e. The number of esters is 1. The van der Waals surface area contributed by atoms with Crippen molar-refractivity contribution in [2.75, 3.05) is 32.8 Å². The van der Waals surface area contributed by atoms with Crippen LogP contribution in [0.2, 0.25) is 0 Å². The lowest BCUT2D eigenvalue weighted by molar-refractivity contribution is -0.140. The third-order valence-corrected chi connectivity index (χ3v) is 5.07. The maximum absolute atomic E-state index is 12.4. The smallest absolute Gasteiger partial charge is 0.338 e. The quantitative estimate of drug-likeness (QED) is 0.696. The van der Waals surface area contributed by atoms with Gasteiger partial charge in [0, 0.05) is 39.6 Å². The molecule has 1 aliphatic rings. The number of fused-ring (bicyclic) bond motifs is 1. The number of aromatic nitrogens is 2. The van der Waals surface area contributed by atoms with Crippen molar-refractivity contribution < 1.29 is 19.1 Å². The molecule has 1 aromatic heterocycles. The maximum Gasteiger partial charge on any atom is 0.338 e. The summed E-state index contributed by atoms with van der Waals surface area (Å²) in [5, 5.41) is 0. The highest BCUT2D eigenvalue weighted by Gasteiger charge is 2.23. The summed E-state index contributed by atoms with van der Waals surface area (Å²) >= 11 is 0. The van der Waals surface area contributed by atoms with Crippen molar-refractivity contribution in [3.63, 3.8) is 0 Å². The zero-order valence-electron chi connectivity index (χ0n) is 16.8. The van der Waals surface area contributed by atoms with Gasteiger partial charge in [0.05, 0.1) is 16.6 Å². The van der Waals surface area contributed by atoms with Crippen LogP contribution < -0.4 is 5.56 Å². The minimum absolute atomic E-state index is 0.0165. The van der Waals surface area contributed by atoms with Crippen molar-refractivity contribution in [2.45, 2.75) is 27.3 Å². The van der Waals surface area contributed by atoms with E-state index in [0.29, 0.717) is 49.5 Å². The highest BCUT2D eigenvalue weighted by atomic mass is 16.5. The van der Waals surface area contributed by atoms with Gasteiger partial charge in [0.2, 0.25) is 5.91 Å². The first kappa shape index (κ1) is 20.5. The normalized spacial score (nSPS) is 14.2. The number of aryl methyl sites for hydroxylation is 2. The summed E-state index contributed by atoms with van der Waals surface area (Å²) < 4.78 is 6.76. The van der Waals surface area contributed by atoms with Gasteiger partial charge in [0.25, 0.3) is 11.5 Å². The third-order valence-electron chi connectivity index (χ3n) is 5.07. The predicted molar refractivity (Wildman–Crippen MR) is 106 cm³/mol. The molecule has 1 fully saturated rings. The van der Waals surface area contributed by atoms with Crippen LogP contribution in [-0.4, -0.2) is 69.9 Å². The van der Waals surface area contributed by atoms with Crippen molar-refractivity contribution in [2.24, 2.45) is 0 Å². The van der Waals surface area contributed by atoms with Crippen LogP contribution in [0.25, 0.3) is 11.0 Å². The van der Waals surface area contributed by atoms with E-state index in [1.54, 1.807) is 39.5 Å². The number of amides is 2. The fourth-order valence-corrected chi connectivity index (χ4v) is 3.39. The van der Waals surface area contributed by atoms with Crippen molar-refractivity contribution in [3.8, 4) is 0 Å². The molecular formula is C20H24N4O5. The molecule has 2 amide bonds. The zero-order valence-corrected chi connectivity index (χ0v) is 16.8. The van der Waals surface area contributed by atoms with E-state index >= 15 is 0 Å². The average Bonchev–Trinajstić information content (AvgIpc) is 2.72. The second-order valence-electron chi connectivity index (χ2n) is 6.91. The Hall–Kier alpha value is -3.23. The molecule has 0 radical (unpaired) electrons. The Kier molecular flexibility index (Phi) is 5.95. The Bertz CT molecular complexity index is 1020. The molecule has 0 saturated carbocycles. The number of carbonyl (C=O) groups is 3. The Morgan fingerprint density at radius 3 is 2.38 bits per heavy atom. The topological polar surface area (TPSA) is 102 Å². The Labute approximate surface area is 167 Å². The zero-order chi connectivity index (χ0) is 21.1. The molecular weight excluding hydrogens is 376 g/mol. The molecule has 1 aromatic carbocycles. The standard InChI is InChI=1S/C20H24N4O5/c1-4-24-17-6-5-15(11-16(17)21-13(2)19(24)27)20(28)29-12-18(26)23-9-7-22(8-10-23)14(3)25/h5-6,11H,4,7-10,12H2,1-3H3. The minimum atomic E-state index is -0.628. The summed E-state index contributed by atoms with van der Waals surface area (Å²) in [6.45, 7) is 6.92. The molecule has 0 N–H and O–H groups in total. The van der Waals surface area contributed by atoms with Gasteiger partial charge < -0.3 is 19.1 Å². The van der Waals surface area contributed by atoms with Gasteiger partial charge in [0.1, 0.15) is 5.69 Å². The van der Waals surface area contributed by atoms with Crippen molar-refractivity contribution in [1.82, 2.24) is 19.4 Å². The number of benzene rings is 1. The summed E-state index contributed by atoms with van der Waals surface area (Å²) in [6.07, 6.45) is 0. The van der Waals surface area contributed by atoms with Crippen molar-refractivity contribution >= 4 is 28.8 Å². The van der Waals surface area contributed by atoms with E-state index in [-0.39, 0.29) is 29.5 Å². The van der Waals surface area contributed by atoms with Gasteiger partial charge in [-0.25, -0.2) is 9.78 Å². The molecule has 1 saturated heterocycles. The molecule has 154 valence electrons. The van der Waals surface area contributed by atoms with Crippen LogP contribution in [0.3, 0.4) is 0 Å². The van der Waals surface area contributed by atoms with E-state index < -0.39 is 5.97 Å². The van der Waals surface area contributed by atoms with Gasteiger partial charge >= 0.3 is 5.97 Å². The third kappa shape index (κ3) is 4.28. The van der Waals surface area contributed by atoms with Crippen molar-refractivity contribution in [1.29, 1.82) is 0 Å². The van der Waals surface area contributed by atoms with Crippen molar-refractivity contribution in [3.05, 3.63) is 39.8 Å². The van der Waals surface area contributed by atoms with E-state index in [1.165, 1.54) is 6.92 Å². The van der Waals surface area contributed by atoms with E-state index in [2.05, 4.69) is 4.98 Å². The number of hydrogen-bond acceptors (Lipinski definition) is 6. The van der Waals surface area contributed by atoms with Crippen LogP contribution in [-0.2, 0) is 20.9 Å². The summed E-state index contributed by atoms with van der Waals surface area (Å²) in [5.41, 5.74) is 1.61. The number of piperazine rings is 1. The van der Waals surface area contributed by atoms with Crippen LogP contribution in [0, 0.1) is 6.92 Å². The lowest BCUT2D eigenvalue weighted by Gasteiger charge is -2.34. The summed E-state index contributed by atoms with van der Waals surface area (Å²) in [7, 11) is 0. The molecule has 9 nitrogen and oxygen atoms in total. The van der Waals surface area contributed by atoms with Gasteiger partial charge in [-0.05, 0) is 32.0 Å². The number of rotatable bonds is 4. The molecule has 2 aromatic rings. The van der Waals surface area contributed by atoms with Gasteiger partial charge in [-0.1, -0.05) is 0 Å². The molecule has 0 spiro atoms. The van der Waals surface area contributed by atoms with Crippen LogP contribution >= 0.6 is 0 Å². The molecule has 1 aliphatic heterocycles. The Morgan fingerprint density at radius 2 is 1.76 bits per heavy atom. The van der Waals surface area contributed by atoms with E-state index in [1.807, 2.05) is 6.92 Å². The first-order valence-electron chi connectivity index (χ1n) is 9.53. The van der Waals surface area contributed by atoms with Crippen LogP contribution in [0.15, 0.2) is 23.0 Å². The average molecular weight is 400 g/mol. The monoisotopic (exact) mass is 400 g/mol. The Balaban J connectivity index is 1.66. The predicted octanol–water partition coefficient (Wildman–Crippen LogP) is 0.572. The lowest BCUT2D eigenvalue weighted by atomic mass is 10.2. The molecule has 9 heteroatoms. The van der Waals surface area contributed by atoms with E-state index in [4.69, 9.17) is 4.74 Å². The molecule has 2 heterocycles. The second-order valence-corrected chi connectivity index (χ2v) is 6.91. The molecule has 0 atom stereocenters. The van der Waals surface area contributed by atoms with E-state index in [0.717, 1.165) is 0 Å². The van der Waals surface area contributed by atoms with Gasteiger partial charge in [-0.15, -0.1) is 0 Å². The lowest BCUT2D eigenvalue weighted by Crippen LogP contribution is -2.51. The van der Waals surface area contributed by atoms with Gasteiger partial charge in [-0.2, -0.15) is 0 Å². The molecule has 0 bridgehead atoms. The van der Waals surface area contributed by atoms with Gasteiger partial charge in [-0.3, -0.25) is 14.4 Å². The van der Waals surface area contributed by atoms with Gasteiger partial charge in [0.15, 0.2) is 6.61 Å². The molecule has 29 heavy (non-hydrogen) atoms. The van der Waals surface area contributed by atoms with E-state index in [9.17, 15) is 19.2 Å². The van der Waals surface area contributed by atoms with Crippen LogP contribution in [0.5, 0.6) is 0 Å². The second kappa shape index (κ2) is 8.42. The fraction of sp³-hybridized carbons (Fsp3) is 0.450.